The van der Waals surface area contributed by atoms with Crippen LogP contribution < -0.4 is 0 Å². The molecule has 0 aliphatic carbocycles. The molecule has 2 aromatic rings. The number of piperidine rings is 1. The Labute approximate surface area is 124 Å². The summed E-state index contributed by atoms with van der Waals surface area (Å²) in [4.78, 5) is 10.8. The number of hydrogen-bond donors (Lipinski definition) is 0. The minimum atomic E-state index is 0.409. The first-order valence-electron chi connectivity index (χ1n) is 7.00. The van der Waals surface area contributed by atoms with E-state index >= 15 is 0 Å². The van der Waals surface area contributed by atoms with E-state index in [0.29, 0.717) is 11.2 Å². The molecular weight excluding hydrogens is 274 g/mol. The molecule has 1 aliphatic rings. The van der Waals surface area contributed by atoms with Gasteiger partial charge in [-0.25, -0.2) is 14.6 Å². The van der Waals surface area contributed by atoms with Gasteiger partial charge < -0.3 is 4.90 Å². The van der Waals surface area contributed by atoms with Gasteiger partial charge in [0.2, 0.25) is 0 Å². The zero-order valence-electron chi connectivity index (χ0n) is 11.9. The zero-order chi connectivity index (χ0) is 14.1. The molecule has 0 bridgehead atoms. The molecule has 107 valence electrons. The second-order valence-electron chi connectivity index (χ2n) is 5.71. The monoisotopic (exact) mass is 292 g/mol. The molecule has 0 N–H and O–H groups in total. The minimum absolute atomic E-state index is 0.409. The highest BCUT2D eigenvalue weighted by Crippen LogP contribution is 2.27. The van der Waals surface area contributed by atoms with Crippen molar-refractivity contribution in [2.75, 3.05) is 19.6 Å². The fourth-order valence-electron chi connectivity index (χ4n) is 2.87. The van der Waals surface area contributed by atoms with Gasteiger partial charge >= 0.3 is 0 Å². The lowest BCUT2D eigenvalue weighted by atomic mass is 10.0. The Morgan fingerprint density at radius 1 is 1.30 bits per heavy atom. The van der Waals surface area contributed by atoms with E-state index in [1.165, 1.54) is 12.2 Å². The Morgan fingerprint density at radius 2 is 2.05 bits per heavy atom. The van der Waals surface area contributed by atoms with Crippen LogP contribution in [0.1, 0.15) is 32.7 Å². The maximum atomic E-state index is 6.07. The van der Waals surface area contributed by atoms with Crippen LogP contribution in [-0.2, 0) is 0 Å². The summed E-state index contributed by atoms with van der Waals surface area (Å²) in [7, 11) is 0. The molecule has 0 aromatic carbocycles. The molecule has 0 spiro atoms. The van der Waals surface area contributed by atoms with Gasteiger partial charge in [0.15, 0.2) is 5.65 Å². The Kier molecular flexibility index (Phi) is 3.89. The number of aromatic nitrogens is 4. The Hall–Kier alpha value is -1.20. The summed E-state index contributed by atoms with van der Waals surface area (Å²) in [5.41, 5.74) is 0.849. The van der Waals surface area contributed by atoms with Crippen molar-refractivity contribution < 1.29 is 0 Å². The highest BCUT2D eigenvalue weighted by Gasteiger charge is 2.23. The molecule has 20 heavy (non-hydrogen) atoms. The molecule has 5 nitrogen and oxygen atoms in total. The largest absolute Gasteiger partial charge is 0.303 e. The van der Waals surface area contributed by atoms with Gasteiger partial charge in [-0.15, -0.1) is 0 Å². The van der Waals surface area contributed by atoms with Crippen LogP contribution >= 0.6 is 11.6 Å². The first-order chi connectivity index (χ1) is 9.65. The van der Waals surface area contributed by atoms with Crippen molar-refractivity contribution in [3.63, 3.8) is 0 Å². The fourth-order valence-corrected chi connectivity index (χ4v) is 3.05. The van der Waals surface area contributed by atoms with Crippen LogP contribution in [0.5, 0.6) is 0 Å². The first-order valence-corrected chi connectivity index (χ1v) is 7.38. The number of hydrogen-bond acceptors (Lipinski definition) is 4. The summed E-state index contributed by atoms with van der Waals surface area (Å²) in [5, 5.41) is 5.80. The molecular formula is C14H19ClN5. The summed E-state index contributed by atoms with van der Waals surface area (Å²) in [6.07, 6.45) is 5.48. The van der Waals surface area contributed by atoms with E-state index in [9.17, 15) is 0 Å². The van der Waals surface area contributed by atoms with E-state index in [4.69, 9.17) is 11.6 Å². The van der Waals surface area contributed by atoms with Gasteiger partial charge in [0.25, 0.3) is 0 Å². The SMILES string of the molecule is C[C](C)CN1CCC(n2ncc3c(Cl)ncnc32)CC1. The van der Waals surface area contributed by atoms with Gasteiger partial charge in [0, 0.05) is 19.6 Å². The molecule has 1 radical (unpaired) electrons. The predicted molar refractivity (Wildman–Crippen MR) is 79.6 cm³/mol. The Morgan fingerprint density at radius 3 is 2.75 bits per heavy atom. The molecule has 0 atom stereocenters. The second kappa shape index (κ2) is 5.66. The number of rotatable bonds is 3. The first kappa shape index (κ1) is 13.8. The van der Waals surface area contributed by atoms with Crippen LogP contribution in [0.4, 0.5) is 0 Å². The van der Waals surface area contributed by atoms with Crippen molar-refractivity contribution in [2.24, 2.45) is 0 Å². The molecule has 2 aromatic heterocycles. The van der Waals surface area contributed by atoms with Crippen molar-refractivity contribution in [3.05, 3.63) is 23.6 Å². The normalized spacial score (nSPS) is 18.2. The average Bonchev–Trinajstić information content (AvgIpc) is 2.84. The van der Waals surface area contributed by atoms with Gasteiger partial charge in [0.05, 0.1) is 17.6 Å². The number of likely N-dealkylation sites (tertiary alicyclic amines) is 1. The summed E-state index contributed by atoms with van der Waals surface area (Å²) < 4.78 is 2.02. The molecule has 1 fully saturated rings. The van der Waals surface area contributed by atoms with Gasteiger partial charge in [-0.2, -0.15) is 5.10 Å². The van der Waals surface area contributed by atoms with Crippen molar-refractivity contribution in [1.82, 2.24) is 24.6 Å². The van der Waals surface area contributed by atoms with E-state index in [-0.39, 0.29) is 0 Å². The van der Waals surface area contributed by atoms with Crippen molar-refractivity contribution in [3.8, 4) is 0 Å². The molecule has 3 rings (SSSR count). The number of fused-ring (bicyclic) bond motifs is 1. The predicted octanol–water partition coefficient (Wildman–Crippen LogP) is 2.73. The third kappa shape index (κ3) is 2.65. The van der Waals surface area contributed by atoms with Crippen LogP contribution in [0.3, 0.4) is 0 Å². The summed E-state index contributed by atoms with van der Waals surface area (Å²) in [6, 6.07) is 0.409. The lowest BCUT2D eigenvalue weighted by Gasteiger charge is -2.32. The molecule has 3 heterocycles. The fraction of sp³-hybridized carbons (Fsp3) is 0.571. The minimum Gasteiger partial charge on any atom is -0.303 e. The Bertz CT molecular complexity index is 586. The van der Waals surface area contributed by atoms with Crippen LogP contribution in [0.25, 0.3) is 11.0 Å². The standard InChI is InChI=1S/C14H19ClN5/c1-10(2)8-19-5-3-11(4-6-19)20-14-12(7-18-20)13(15)16-9-17-14/h7,9,11H,3-6,8H2,1-2H3. The highest BCUT2D eigenvalue weighted by molar-refractivity contribution is 6.33. The molecule has 0 unspecified atom stereocenters. The smallest absolute Gasteiger partial charge is 0.162 e. The second-order valence-corrected chi connectivity index (χ2v) is 6.06. The van der Waals surface area contributed by atoms with Gasteiger partial charge in [-0.3, -0.25) is 0 Å². The van der Waals surface area contributed by atoms with E-state index in [2.05, 4.69) is 33.8 Å². The number of halogens is 1. The summed E-state index contributed by atoms with van der Waals surface area (Å²) in [5.74, 6) is 1.47. The molecule has 0 amide bonds. The van der Waals surface area contributed by atoms with E-state index in [1.54, 1.807) is 6.20 Å². The quantitative estimate of drug-likeness (QED) is 0.816. The summed E-state index contributed by atoms with van der Waals surface area (Å²) >= 11 is 6.07. The van der Waals surface area contributed by atoms with Crippen LogP contribution in [0.2, 0.25) is 5.15 Å². The molecule has 6 heteroatoms. The van der Waals surface area contributed by atoms with Crippen molar-refractivity contribution in [1.29, 1.82) is 0 Å². The Balaban J connectivity index is 1.75. The maximum absolute atomic E-state index is 6.07. The van der Waals surface area contributed by atoms with Crippen LogP contribution in [0, 0.1) is 5.92 Å². The van der Waals surface area contributed by atoms with E-state index in [1.807, 2.05) is 4.68 Å². The molecule has 1 saturated heterocycles. The van der Waals surface area contributed by atoms with Gasteiger partial charge in [0.1, 0.15) is 11.5 Å². The van der Waals surface area contributed by atoms with Gasteiger partial charge in [-0.05, 0) is 18.8 Å². The molecule has 1 aliphatic heterocycles. The van der Waals surface area contributed by atoms with Gasteiger partial charge in [-0.1, -0.05) is 25.4 Å². The summed E-state index contributed by atoms with van der Waals surface area (Å²) in [6.45, 7) is 7.69. The maximum Gasteiger partial charge on any atom is 0.162 e. The third-order valence-electron chi connectivity index (χ3n) is 3.79. The van der Waals surface area contributed by atoms with Crippen LogP contribution in [0.15, 0.2) is 12.5 Å². The van der Waals surface area contributed by atoms with Crippen LogP contribution in [-0.4, -0.2) is 44.3 Å². The number of nitrogens with zero attached hydrogens (tertiary/aromatic N) is 5. The topological polar surface area (TPSA) is 46.8 Å². The van der Waals surface area contributed by atoms with Crippen molar-refractivity contribution >= 4 is 22.6 Å². The lowest BCUT2D eigenvalue weighted by Crippen LogP contribution is -2.36. The average molecular weight is 293 g/mol. The lowest BCUT2D eigenvalue weighted by molar-refractivity contribution is 0.188. The van der Waals surface area contributed by atoms with E-state index in [0.717, 1.165) is 43.5 Å². The van der Waals surface area contributed by atoms with E-state index < -0.39 is 0 Å². The highest BCUT2D eigenvalue weighted by atomic mass is 35.5. The molecule has 0 saturated carbocycles. The third-order valence-corrected chi connectivity index (χ3v) is 4.09. The zero-order valence-corrected chi connectivity index (χ0v) is 12.6. The van der Waals surface area contributed by atoms with Crippen molar-refractivity contribution in [2.45, 2.75) is 32.7 Å².